The van der Waals surface area contributed by atoms with Gasteiger partial charge in [0.05, 0.1) is 0 Å². The molecule has 2 aliphatic carbocycles. The lowest BCUT2D eigenvalue weighted by atomic mass is 9.76. The molecule has 2 fully saturated rings. The quantitative estimate of drug-likeness (QED) is 0.433. The molecule has 0 aromatic carbocycles. The highest BCUT2D eigenvalue weighted by Gasteiger charge is 2.47. The van der Waals surface area contributed by atoms with Crippen LogP contribution in [0.1, 0.15) is 70.6 Å². The molecule has 2 heteroatoms. The van der Waals surface area contributed by atoms with Crippen LogP contribution in [0.5, 0.6) is 0 Å². The van der Waals surface area contributed by atoms with Crippen LogP contribution in [-0.2, 0) is 0 Å². The molecule has 0 spiro atoms. The van der Waals surface area contributed by atoms with Gasteiger partial charge < -0.3 is 0 Å². The predicted molar refractivity (Wildman–Crippen MR) is 74.1 cm³/mol. The van der Waals surface area contributed by atoms with Crippen LogP contribution >= 0.6 is 31.9 Å². The van der Waals surface area contributed by atoms with Crippen LogP contribution in [0.3, 0.4) is 0 Å². The molecule has 0 heterocycles. The van der Waals surface area contributed by atoms with Crippen molar-refractivity contribution in [2.75, 3.05) is 0 Å². The standard InChI is InChI=1S/C13H22Br2/c14-12(8-4-1-2-5-9-12)13(15)10-6-3-7-11-13/h1-11H2. The number of alkyl halides is 2. The van der Waals surface area contributed by atoms with E-state index >= 15 is 0 Å². The van der Waals surface area contributed by atoms with Crippen LogP contribution in [0.2, 0.25) is 0 Å². The van der Waals surface area contributed by atoms with Crippen molar-refractivity contribution in [1.29, 1.82) is 0 Å². The van der Waals surface area contributed by atoms with Crippen molar-refractivity contribution in [3.05, 3.63) is 0 Å². The lowest BCUT2D eigenvalue weighted by Gasteiger charge is -2.45. The highest BCUT2D eigenvalue weighted by atomic mass is 79.9. The number of halogens is 2. The van der Waals surface area contributed by atoms with Crippen LogP contribution in [0.25, 0.3) is 0 Å². The van der Waals surface area contributed by atoms with Crippen LogP contribution in [0.4, 0.5) is 0 Å². The van der Waals surface area contributed by atoms with E-state index in [9.17, 15) is 0 Å². The first-order chi connectivity index (χ1) is 7.16. The second-order valence-electron chi connectivity index (χ2n) is 5.41. The molecule has 0 aromatic rings. The lowest BCUT2D eigenvalue weighted by Crippen LogP contribution is -2.45. The molecule has 0 amide bonds. The molecule has 0 N–H and O–H groups in total. The maximum Gasteiger partial charge on any atom is 0.0410 e. The zero-order chi connectivity index (χ0) is 10.8. The first-order valence-electron chi connectivity index (χ1n) is 6.54. The summed E-state index contributed by atoms with van der Waals surface area (Å²) in [6.45, 7) is 0. The second-order valence-corrected chi connectivity index (χ2v) is 8.44. The lowest BCUT2D eigenvalue weighted by molar-refractivity contribution is 0.307. The Hall–Kier alpha value is 0.960. The maximum atomic E-state index is 4.12. The Morgan fingerprint density at radius 2 is 0.733 bits per heavy atom. The highest BCUT2D eigenvalue weighted by molar-refractivity contribution is 9.13. The predicted octanol–water partition coefficient (Wildman–Crippen LogP) is 5.57. The van der Waals surface area contributed by atoms with E-state index in [0.717, 1.165) is 0 Å². The van der Waals surface area contributed by atoms with E-state index in [1.54, 1.807) is 0 Å². The summed E-state index contributed by atoms with van der Waals surface area (Å²) in [6.07, 6.45) is 15.5. The third-order valence-corrected chi connectivity index (χ3v) is 7.98. The van der Waals surface area contributed by atoms with Crippen molar-refractivity contribution in [2.45, 2.75) is 79.3 Å². The third kappa shape index (κ3) is 2.62. The molecule has 2 rings (SSSR count). The van der Waals surface area contributed by atoms with Gasteiger partial charge in [0.25, 0.3) is 0 Å². The molecular formula is C13H22Br2. The maximum absolute atomic E-state index is 4.12. The summed E-state index contributed by atoms with van der Waals surface area (Å²) < 4.78 is 0.805. The van der Waals surface area contributed by atoms with E-state index in [4.69, 9.17) is 0 Å². The zero-order valence-corrected chi connectivity index (χ0v) is 12.7. The van der Waals surface area contributed by atoms with Crippen LogP contribution in [0.15, 0.2) is 0 Å². The van der Waals surface area contributed by atoms with Crippen molar-refractivity contribution in [1.82, 2.24) is 0 Å². The van der Waals surface area contributed by atoms with Crippen molar-refractivity contribution >= 4 is 31.9 Å². The van der Waals surface area contributed by atoms with Crippen molar-refractivity contribution in [3.8, 4) is 0 Å². The van der Waals surface area contributed by atoms with E-state index in [2.05, 4.69) is 31.9 Å². The van der Waals surface area contributed by atoms with E-state index in [1.807, 2.05) is 0 Å². The second kappa shape index (κ2) is 5.08. The number of rotatable bonds is 1. The Labute approximate surface area is 111 Å². The van der Waals surface area contributed by atoms with Crippen LogP contribution in [0, 0.1) is 0 Å². The Morgan fingerprint density at radius 1 is 0.467 bits per heavy atom. The molecular weight excluding hydrogens is 316 g/mol. The topological polar surface area (TPSA) is 0 Å². The average molecular weight is 338 g/mol. The van der Waals surface area contributed by atoms with Crippen molar-refractivity contribution in [2.24, 2.45) is 0 Å². The van der Waals surface area contributed by atoms with Gasteiger partial charge in [0.15, 0.2) is 0 Å². The normalized spacial score (nSPS) is 30.8. The van der Waals surface area contributed by atoms with Gasteiger partial charge in [0.2, 0.25) is 0 Å². The highest BCUT2D eigenvalue weighted by Crippen LogP contribution is 2.54. The number of hydrogen-bond acceptors (Lipinski definition) is 0. The summed E-state index contributed by atoms with van der Waals surface area (Å²) in [5, 5.41) is 0. The molecule has 88 valence electrons. The fourth-order valence-electron chi connectivity index (χ4n) is 3.30. The minimum absolute atomic E-state index is 0.400. The van der Waals surface area contributed by atoms with Crippen LogP contribution in [-0.4, -0.2) is 8.65 Å². The van der Waals surface area contributed by atoms with Gasteiger partial charge in [-0.2, -0.15) is 0 Å². The third-order valence-electron chi connectivity index (χ3n) is 4.35. The molecule has 0 aromatic heterocycles. The Morgan fingerprint density at radius 3 is 1.07 bits per heavy atom. The molecule has 15 heavy (non-hydrogen) atoms. The van der Waals surface area contributed by atoms with Gasteiger partial charge in [-0.25, -0.2) is 0 Å². The van der Waals surface area contributed by atoms with Gasteiger partial charge in [-0.3, -0.25) is 0 Å². The van der Waals surface area contributed by atoms with Gasteiger partial charge in [0, 0.05) is 8.65 Å². The fraction of sp³-hybridized carbons (Fsp3) is 1.00. The first-order valence-corrected chi connectivity index (χ1v) is 8.13. The zero-order valence-electron chi connectivity index (χ0n) is 9.53. The van der Waals surface area contributed by atoms with E-state index in [0.29, 0.717) is 8.65 Å². The molecule has 0 nitrogen and oxygen atoms in total. The molecule has 0 radical (unpaired) electrons. The molecule has 2 saturated carbocycles. The Bertz CT molecular complexity index is 199. The molecule has 0 saturated heterocycles. The van der Waals surface area contributed by atoms with Gasteiger partial charge in [-0.1, -0.05) is 76.8 Å². The van der Waals surface area contributed by atoms with Gasteiger partial charge in [0.1, 0.15) is 0 Å². The van der Waals surface area contributed by atoms with E-state index < -0.39 is 0 Å². The Kier molecular flexibility index (Phi) is 4.20. The fourth-order valence-corrected chi connectivity index (χ4v) is 5.21. The van der Waals surface area contributed by atoms with Crippen molar-refractivity contribution in [3.63, 3.8) is 0 Å². The molecule has 0 unspecified atom stereocenters. The summed E-state index contributed by atoms with van der Waals surface area (Å²) in [5.74, 6) is 0. The number of hydrogen-bond donors (Lipinski definition) is 0. The summed E-state index contributed by atoms with van der Waals surface area (Å²) >= 11 is 8.22. The Balaban J connectivity index is 2.10. The van der Waals surface area contributed by atoms with Gasteiger partial charge in [-0.15, -0.1) is 0 Å². The molecule has 0 bridgehead atoms. The smallest absolute Gasteiger partial charge is 0.0410 e. The monoisotopic (exact) mass is 336 g/mol. The van der Waals surface area contributed by atoms with Gasteiger partial charge in [-0.05, 0) is 25.7 Å². The summed E-state index contributed by atoms with van der Waals surface area (Å²) in [6, 6.07) is 0. The minimum Gasteiger partial charge on any atom is -0.0838 e. The summed E-state index contributed by atoms with van der Waals surface area (Å²) in [5.41, 5.74) is 0. The van der Waals surface area contributed by atoms with Crippen LogP contribution < -0.4 is 0 Å². The van der Waals surface area contributed by atoms with Gasteiger partial charge >= 0.3 is 0 Å². The molecule has 2 aliphatic rings. The average Bonchev–Trinajstić information content (AvgIpc) is 2.45. The molecule has 0 atom stereocenters. The first kappa shape index (κ1) is 12.4. The van der Waals surface area contributed by atoms with E-state index in [-0.39, 0.29) is 0 Å². The SMILES string of the molecule is BrC1(C2(Br)CCCCC2)CCCCCC1. The largest absolute Gasteiger partial charge is 0.0838 e. The summed E-state index contributed by atoms with van der Waals surface area (Å²) in [7, 11) is 0. The van der Waals surface area contributed by atoms with Crippen molar-refractivity contribution < 1.29 is 0 Å². The van der Waals surface area contributed by atoms with E-state index in [1.165, 1.54) is 70.6 Å². The molecule has 0 aliphatic heterocycles. The summed E-state index contributed by atoms with van der Waals surface area (Å²) in [4.78, 5) is 0. The minimum atomic E-state index is 0.400.